The van der Waals surface area contributed by atoms with Gasteiger partial charge in [0.2, 0.25) is 11.8 Å². The lowest BCUT2D eigenvalue weighted by molar-refractivity contribution is -0.117. The SMILES string of the molecule is Cc1cc(NC(=O)CN(c2cc(Cl)ccc2C)S(=O)(=O)c2ccccc2)ccc1N1CCCC1=O. The molecule has 1 fully saturated rings. The predicted octanol–water partition coefficient (Wildman–Crippen LogP) is 4.92. The van der Waals surface area contributed by atoms with E-state index in [1.807, 2.05) is 6.92 Å². The van der Waals surface area contributed by atoms with Gasteiger partial charge in [0.25, 0.3) is 10.0 Å². The van der Waals surface area contributed by atoms with Gasteiger partial charge >= 0.3 is 0 Å². The van der Waals surface area contributed by atoms with Gasteiger partial charge in [-0.3, -0.25) is 13.9 Å². The molecular weight excluding hydrogens is 486 g/mol. The molecule has 0 spiro atoms. The topological polar surface area (TPSA) is 86.8 Å². The van der Waals surface area contributed by atoms with E-state index in [4.69, 9.17) is 11.6 Å². The van der Waals surface area contributed by atoms with Crippen molar-refractivity contribution in [1.82, 2.24) is 0 Å². The second kappa shape index (κ2) is 10.1. The number of nitrogens with one attached hydrogen (secondary N) is 1. The number of hydrogen-bond acceptors (Lipinski definition) is 4. The molecule has 4 rings (SSSR count). The quantitative estimate of drug-likeness (QED) is 0.488. The van der Waals surface area contributed by atoms with Crippen LogP contribution in [0, 0.1) is 13.8 Å². The Bertz CT molecular complexity index is 1380. The average molecular weight is 512 g/mol. The highest BCUT2D eigenvalue weighted by molar-refractivity contribution is 7.92. The fraction of sp³-hybridized carbons (Fsp3) is 0.231. The van der Waals surface area contributed by atoms with Crippen LogP contribution in [0.4, 0.5) is 17.1 Å². The van der Waals surface area contributed by atoms with E-state index in [2.05, 4.69) is 5.32 Å². The molecule has 2 amide bonds. The highest BCUT2D eigenvalue weighted by Crippen LogP contribution is 2.30. The van der Waals surface area contributed by atoms with Crippen LogP contribution in [0.25, 0.3) is 0 Å². The highest BCUT2D eigenvalue weighted by atomic mass is 35.5. The Morgan fingerprint density at radius 1 is 1.03 bits per heavy atom. The first-order chi connectivity index (χ1) is 16.7. The van der Waals surface area contributed by atoms with Crippen LogP contribution in [-0.4, -0.2) is 33.3 Å². The monoisotopic (exact) mass is 511 g/mol. The Morgan fingerprint density at radius 2 is 1.77 bits per heavy atom. The molecule has 0 unspecified atom stereocenters. The van der Waals surface area contributed by atoms with E-state index in [-0.39, 0.29) is 10.8 Å². The maximum Gasteiger partial charge on any atom is 0.264 e. The molecule has 35 heavy (non-hydrogen) atoms. The first-order valence-corrected chi connectivity index (χ1v) is 13.0. The molecule has 0 atom stereocenters. The molecule has 1 aliphatic rings. The van der Waals surface area contributed by atoms with Crippen LogP contribution in [0.15, 0.2) is 71.6 Å². The first kappa shape index (κ1) is 24.8. The van der Waals surface area contributed by atoms with E-state index >= 15 is 0 Å². The molecule has 3 aromatic rings. The minimum absolute atomic E-state index is 0.0719. The molecule has 1 heterocycles. The zero-order valence-electron chi connectivity index (χ0n) is 19.5. The molecule has 7 nitrogen and oxygen atoms in total. The van der Waals surface area contributed by atoms with Crippen LogP contribution in [0.5, 0.6) is 0 Å². The third kappa shape index (κ3) is 5.33. The van der Waals surface area contributed by atoms with Crippen molar-refractivity contribution in [3.8, 4) is 0 Å². The van der Waals surface area contributed by atoms with Gasteiger partial charge in [0.1, 0.15) is 6.54 Å². The summed E-state index contributed by atoms with van der Waals surface area (Å²) in [6, 6.07) is 18.2. The first-order valence-electron chi connectivity index (χ1n) is 11.2. The van der Waals surface area contributed by atoms with Gasteiger partial charge in [-0.2, -0.15) is 0 Å². The molecule has 0 aliphatic carbocycles. The summed E-state index contributed by atoms with van der Waals surface area (Å²) in [6.07, 6.45) is 1.36. The van der Waals surface area contributed by atoms with Crippen LogP contribution in [-0.2, 0) is 19.6 Å². The summed E-state index contributed by atoms with van der Waals surface area (Å²) in [4.78, 5) is 27.0. The van der Waals surface area contributed by atoms with E-state index in [1.54, 1.807) is 60.4 Å². The lowest BCUT2D eigenvalue weighted by Crippen LogP contribution is -2.38. The molecule has 9 heteroatoms. The van der Waals surface area contributed by atoms with Crippen molar-refractivity contribution >= 4 is 50.5 Å². The van der Waals surface area contributed by atoms with Gasteiger partial charge in [-0.25, -0.2) is 8.42 Å². The molecule has 0 radical (unpaired) electrons. The number of carbonyl (C=O) groups excluding carboxylic acids is 2. The third-order valence-corrected chi connectivity index (χ3v) is 7.91. The molecule has 1 aliphatic heterocycles. The fourth-order valence-electron chi connectivity index (χ4n) is 4.14. The average Bonchev–Trinajstić information content (AvgIpc) is 3.25. The lowest BCUT2D eigenvalue weighted by Gasteiger charge is -2.26. The van der Waals surface area contributed by atoms with Crippen LogP contribution in [0.2, 0.25) is 5.02 Å². The lowest BCUT2D eigenvalue weighted by atomic mass is 10.1. The smallest absolute Gasteiger partial charge is 0.264 e. The molecule has 0 bridgehead atoms. The van der Waals surface area contributed by atoms with Crippen molar-refractivity contribution in [1.29, 1.82) is 0 Å². The van der Waals surface area contributed by atoms with Gasteiger partial charge in [0, 0.05) is 29.4 Å². The van der Waals surface area contributed by atoms with Crippen molar-refractivity contribution in [3.05, 3.63) is 82.9 Å². The Labute approximate surface area is 210 Å². The third-order valence-electron chi connectivity index (χ3n) is 5.90. The number of amides is 2. The van der Waals surface area contributed by atoms with E-state index in [0.29, 0.717) is 34.9 Å². The molecule has 1 N–H and O–H groups in total. The fourth-order valence-corrected chi connectivity index (χ4v) is 5.81. The van der Waals surface area contributed by atoms with Gasteiger partial charge in [0.15, 0.2) is 0 Å². The van der Waals surface area contributed by atoms with Crippen molar-refractivity contribution in [3.63, 3.8) is 0 Å². The summed E-state index contributed by atoms with van der Waals surface area (Å²) in [5.41, 5.74) is 3.17. The number of anilines is 3. The normalized spacial score (nSPS) is 13.7. The van der Waals surface area contributed by atoms with Crippen molar-refractivity contribution in [2.75, 3.05) is 27.6 Å². The summed E-state index contributed by atoms with van der Waals surface area (Å²) in [6.45, 7) is 3.87. The summed E-state index contributed by atoms with van der Waals surface area (Å²) in [5, 5.41) is 3.15. The standard InChI is InChI=1S/C26H26ClN3O4S/c1-18-10-11-20(27)16-24(18)30(35(33,34)22-7-4-3-5-8-22)17-25(31)28-21-12-13-23(19(2)15-21)29-14-6-9-26(29)32/h3-5,7-8,10-13,15-16H,6,9,14,17H2,1-2H3,(H,28,31). The van der Waals surface area contributed by atoms with Crippen LogP contribution in [0.3, 0.4) is 0 Å². The molecule has 182 valence electrons. The maximum absolute atomic E-state index is 13.5. The Balaban J connectivity index is 1.61. The van der Waals surface area contributed by atoms with Crippen LogP contribution in [0.1, 0.15) is 24.0 Å². The summed E-state index contributed by atoms with van der Waals surface area (Å²) >= 11 is 6.17. The van der Waals surface area contributed by atoms with Crippen LogP contribution >= 0.6 is 11.6 Å². The number of halogens is 1. The number of hydrogen-bond donors (Lipinski definition) is 1. The van der Waals surface area contributed by atoms with Gasteiger partial charge in [0.05, 0.1) is 10.6 Å². The summed E-state index contributed by atoms with van der Waals surface area (Å²) in [7, 11) is -4.04. The molecule has 1 saturated heterocycles. The van der Waals surface area contributed by atoms with Gasteiger partial charge in [-0.05, 0) is 73.9 Å². The molecule has 3 aromatic carbocycles. The Morgan fingerprint density at radius 3 is 2.43 bits per heavy atom. The second-order valence-corrected chi connectivity index (χ2v) is 10.8. The van der Waals surface area contributed by atoms with E-state index in [9.17, 15) is 18.0 Å². The van der Waals surface area contributed by atoms with E-state index < -0.39 is 22.5 Å². The summed E-state index contributed by atoms with van der Waals surface area (Å²) < 4.78 is 28.1. The Kier molecular flexibility index (Phi) is 7.14. The van der Waals surface area contributed by atoms with Crippen LogP contribution < -0.4 is 14.5 Å². The summed E-state index contributed by atoms with van der Waals surface area (Å²) in [5.74, 6) is -0.420. The Hall–Kier alpha value is -3.36. The predicted molar refractivity (Wildman–Crippen MR) is 139 cm³/mol. The minimum atomic E-state index is -4.04. The highest BCUT2D eigenvalue weighted by Gasteiger charge is 2.29. The molecule has 0 saturated carbocycles. The number of carbonyl (C=O) groups is 2. The minimum Gasteiger partial charge on any atom is -0.325 e. The van der Waals surface area contributed by atoms with Gasteiger partial charge < -0.3 is 10.2 Å². The van der Waals surface area contributed by atoms with Crippen molar-refractivity contribution < 1.29 is 18.0 Å². The zero-order chi connectivity index (χ0) is 25.2. The number of benzene rings is 3. The molecular formula is C26H26ClN3O4S. The van der Waals surface area contributed by atoms with E-state index in [0.717, 1.165) is 22.0 Å². The van der Waals surface area contributed by atoms with Crippen molar-refractivity contribution in [2.24, 2.45) is 0 Å². The van der Waals surface area contributed by atoms with E-state index in [1.165, 1.54) is 18.2 Å². The second-order valence-electron chi connectivity index (χ2n) is 8.45. The number of aryl methyl sites for hydroxylation is 2. The molecule has 0 aromatic heterocycles. The zero-order valence-corrected chi connectivity index (χ0v) is 21.1. The number of nitrogens with zero attached hydrogens (tertiary/aromatic N) is 2. The number of sulfonamides is 1. The maximum atomic E-state index is 13.5. The largest absolute Gasteiger partial charge is 0.325 e. The van der Waals surface area contributed by atoms with Crippen molar-refractivity contribution in [2.45, 2.75) is 31.6 Å². The van der Waals surface area contributed by atoms with Gasteiger partial charge in [-0.15, -0.1) is 0 Å². The number of rotatable bonds is 7. The van der Waals surface area contributed by atoms with Gasteiger partial charge in [-0.1, -0.05) is 35.9 Å².